The van der Waals surface area contributed by atoms with E-state index in [1.807, 2.05) is 31.2 Å². The predicted molar refractivity (Wildman–Crippen MR) is 76.8 cm³/mol. The Kier molecular flexibility index (Phi) is 8.02. The molecule has 1 aromatic carbocycles. The second kappa shape index (κ2) is 9.64. The van der Waals surface area contributed by atoms with Crippen LogP contribution in [0.1, 0.15) is 26.7 Å². The fourth-order valence-corrected chi connectivity index (χ4v) is 1.50. The van der Waals surface area contributed by atoms with E-state index in [2.05, 4.69) is 6.92 Å². The quantitative estimate of drug-likeness (QED) is 0.662. The number of rotatable bonds is 10. The zero-order valence-corrected chi connectivity index (χ0v) is 11.9. The average molecular weight is 267 g/mol. The number of nitrogens with two attached hydrogens (primary N) is 1. The van der Waals surface area contributed by atoms with E-state index in [9.17, 15) is 0 Å². The van der Waals surface area contributed by atoms with E-state index in [4.69, 9.17) is 19.9 Å². The molecule has 0 spiro atoms. The summed E-state index contributed by atoms with van der Waals surface area (Å²) in [7, 11) is 0. The molecular formula is C15H25NO3. The lowest BCUT2D eigenvalue weighted by Crippen LogP contribution is -2.25. The van der Waals surface area contributed by atoms with Crippen LogP contribution in [-0.4, -0.2) is 32.5 Å². The first-order valence-electron chi connectivity index (χ1n) is 6.95. The summed E-state index contributed by atoms with van der Waals surface area (Å²) >= 11 is 0. The molecule has 0 bridgehead atoms. The van der Waals surface area contributed by atoms with Gasteiger partial charge < -0.3 is 19.9 Å². The highest BCUT2D eigenvalue weighted by atomic mass is 16.5. The highest BCUT2D eigenvalue weighted by Crippen LogP contribution is 2.17. The van der Waals surface area contributed by atoms with Crippen molar-refractivity contribution in [3.63, 3.8) is 0 Å². The minimum atomic E-state index is 0.145. The first-order valence-corrected chi connectivity index (χ1v) is 6.95. The molecule has 0 fully saturated rings. The summed E-state index contributed by atoms with van der Waals surface area (Å²) in [5.41, 5.74) is 5.75. The molecule has 0 aliphatic carbocycles. The third-order valence-electron chi connectivity index (χ3n) is 2.69. The third-order valence-corrected chi connectivity index (χ3v) is 2.69. The van der Waals surface area contributed by atoms with Crippen molar-refractivity contribution in [1.82, 2.24) is 0 Å². The molecule has 0 amide bonds. The molecule has 0 saturated carbocycles. The van der Waals surface area contributed by atoms with Gasteiger partial charge in [0.1, 0.15) is 11.5 Å². The minimum Gasteiger partial charge on any atom is -0.494 e. The van der Waals surface area contributed by atoms with Crippen LogP contribution in [0, 0.1) is 0 Å². The van der Waals surface area contributed by atoms with Crippen LogP contribution in [0.4, 0.5) is 0 Å². The maximum Gasteiger partial charge on any atom is 0.119 e. The van der Waals surface area contributed by atoms with Gasteiger partial charge in [-0.1, -0.05) is 6.92 Å². The standard InChI is InChI=1S/C15H25NO3/c1-3-13(16)12-17-10-5-11-19-15-8-6-14(7-9-15)18-4-2/h6-9,13H,3-5,10-12,16H2,1-2H3. The molecule has 4 heteroatoms. The molecular weight excluding hydrogens is 242 g/mol. The van der Waals surface area contributed by atoms with E-state index >= 15 is 0 Å². The van der Waals surface area contributed by atoms with Gasteiger partial charge in [-0.05, 0) is 37.6 Å². The first-order chi connectivity index (χ1) is 9.26. The molecule has 2 N–H and O–H groups in total. The Labute approximate surface area is 115 Å². The summed E-state index contributed by atoms with van der Waals surface area (Å²) in [6, 6.07) is 7.80. The maximum atomic E-state index is 5.75. The summed E-state index contributed by atoms with van der Waals surface area (Å²) in [6.45, 7) is 6.66. The van der Waals surface area contributed by atoms with Crippen LogP contribution in [0.25, 0.3) is 0 Å². The fraction of sp³-hybridized carbons (Fsp3) is 0.600. The van der Waals surface area contributed by atoms with E-state index in [1.54, 1.807) is 0 Å². The highest BCUT2D eigenvalue weighted by molar-refractivity contribution is 5.31. The second-order valence-corrected chi connectivity index (χ2v) is 4.35. The molecule has 1 atom stereocenters. The van der Waals surface area contributed by atoms with Crippen molar-refractivity contribution < 1.29 is 14.2 Å². The number of hydrogen-bond acceptors (Lipinski definition) is 4. The van der Waals surface area contributed by atoms with E-state index < -0.39 is 0 Å². The number of ether oxygens (including phenoxy) is 3. The monoisotopic (exact) mass is 267 g/mol. The molecule has 1 aromatic rings. The summed E-state index contributed by atoms with van der Waals surface area (Å²) in [6.07, 6.45) is 1.81. The van der Waals surface area contributed by atoms with Crippen LogP contribution >= 0.6 is 0 Å². The smallest absolute Gasteiger partial charge is 0.119 e. The average Bonchev–Trinajstić information content (AvgIpc) is 2.44. The summed E-state index contributed by atoms with van der Waals surface area (Å²) in [4.78, 5) is 0. The van der Waals surface area contributed by atoms with Gasteiger partial charge in [0.15, 0.2) is 0 Å². The van der Waals surface area contributed by atoms with E-state index in [0.717, 1.165) is 24.3 Å². The summed E-state index contributed by atoms with van der Waals surface area (Å²) < 4.78 is 16.4. The topological polar surface area (TPSA) is 53.7 Å². The van der Waals surface area contributed by atoms with Gasteiger partial charge in [0, 0.05) is 19.1 Å². The van der Waals surface area contributed by atoms with Gasteiger partial charge in [0.25, 0.3) is 0 Å². The molecule has 0 radical (unpaired) electrons. The van der Waals surface area contributed by atoms with Crippen LogP contribution in [0.2, 0.25) is 0 Å². The Morgan fingerprint density at radius 3 is 2.21 bits per heavy atom. The van der Waals surface area contributed by atoms with Gasteiger partial charge in [0.2, 0.25) is 0 Å². The number of benzene rings is 1. The van der Waals surface area contributed by atoms with Crippen molar-refractivity contribution in [1.29, 1.82) is 0 Å². The second-order valence-electron chi connectivity index (χ2n) is 4.35. The Morgan fingerprint density at radius 1 is 1.00 bits per heavy atom. The summed E-state index contributed by atoms with van der Waals surface area (Å²) in [5, 5.41) is 0. The molecule has 0 aliphatic rings. The molecule has 0 saturated heterocycles. The Hall–Kier alpha value is -1.26. The SMILES string of the molecule is CCOc1ccc(OCCCOCC(N)CC)cc1. The molecule has 1 unspecified atom stereocenters. The van der Waals surface area contributed by atoms with E-state index in [1.165, 1.54) is 0 Å². The van der Waals surface area contributed by atoms with Crippen molar-refractivity contribution in [2.24, 2.45) is 5.73 Å². The Balaban J connectivity index is 2.09. The Bertz CT molecular complexity index is 327. The van der Waals surface area contributed by atoms with Crippen molar-refractivity contribution in [3.8, 4) is 11.5 Å². The van der Waals surface area contributed by atoms with Gasteiger partial charge >= 0.3 is 0 Å². The lowest BCUT2D eigenvalue weighted by Gasteiger charge is -2.10. The fourth-order valence-electron chi connectivity index (χ4n) is 1.50. The zero-order valence-electron chi connectivity index (χ0n) is 11.9. The predicted octanol–water partition coefficient (Wildman–Crippen LogP) is 2.61. The van der Waals surface area contributed by atoms with Gasteiger partial charge in [-0.15, -0.1) is 0 Å². The normalized spacial score (nSPS) is 12.2. The van der Waals surface area contributed by atoms with Crippen LogP contribution in [-0.2, 0) is 4.74 Å². The van der Waals surface area contributed by atoms with Gasteiger partial charge in [-0.25, -0.2) is 0 Å². The maximum absolute atomic E-state index is 5.75. The van der Waals surface area contributed by atoms with Crippen molar-refractivity contribution >= 4 is 0 Å². The van der Waals surface area contributed by atoms with Gasteiger partial charge in [-0.2, -0.15) is 0 Å². The lowest BCUT2D eigenvalue weighted by atomic mass is 10.3. The van der Waals surface area contributed by atoms with Gasteiger partial charge in [0.05, 0.1) is 19.8 Å². The molecule has 4 nitrogen and oxygen atoms in total. The Morgan fingerprint density at radius 2 is 1.63 bits per heavy atom. The molecule has 0 aromatic heterocycles. The lowest BCUT2D eigenvalue weighted by molar-refractivity contribution is 0.107. The number of hydrogen-bond donors (Lipinski definition) is 1. The zero-order chi connectivity index (χ0) is 13.9. The first kappa shape index (κ1) is 15.8. The van der Waals surface area contributed by atoms with Crippen LogP contribution < -0.4 is 15.2 Å². The van der Waals surface area contributed by atoms with Crippen molar-refractivity contribution in [2.45, 2.75) is 32.7 Å². The van der Waals surface area contributed by atoms with Crippen molar-refractivity contribution in [2.75, 3.05) is 26.4 Å². The van der Waals surface area contributed by atoms with Crippen LogP contribution in [0.3, 0.4) is 0 Å². The molecule has 108 valence electrons. The molecule has 0 heterocycles. The molecule has 0 aliphatic heterocycles. The highest BCUT2D eigenvalue weighted by Gasteiger charge is 1.99. The molecule has 19 heavy (non-hydrogen) atoms. The van der Waals surface area contributed by atoms with Crippen molar-refractivity contribution in [3.05, 3.63) is 24.3 Å². The van der Waals surface area contributed by atoms with Crippen LogP contribution in [0.5, 0.6) is 11.5 Å². The van der Waals surface area contributed by atoms with E-state index in [0.29, 0.717) is 26.4 Å². The third kappa shape index (κ3) is 7.03. The minimum absolute atomic E-state index is 0.145. The summed E-state index contributed by atoms with van der Waals surface area (Å²) in [5.74, 6) is 1.72. The van der Waals surface area contributed by atoms with E-state index in [-0.39, 0.29) is 6.04 Å². The van der Waals surface area contributed by atoms with Crippen LogP contribution in [0.15, 0.2) is 24.3 Å². The molecule has 1 rings (SSSR count). The largest absolute Gasteiger partial charge is 0.494 e. The van der Waals surface area contributed by atoms with Gasteiger partial charge in [-0.3, -0.25) is 0 Å².